The minimum Gasteiger partial charge on any atom is -0.394 e. The first-order chi connectivity index (χ1) is 33.1. The van der Waals surface area contributed by atoms with Gasteiger partial charge in [-0.2, -0.15) is 0 Å². The topological polar surface area (TPSA) is 89.8 Å². The molecule has 0 aromatic heterocycles. The Bertz CT molecular complexity index is 1040. The lowest BCUT2D eigenvalue weighted by atomic mass is 10.0. The molecule has 3 unspecified atom stereocenters. The maximum Gasteiger partial charge on any atom is 0.249 e. The number of allylic oxidation sites excluding steroid dienone is 5. The van der Waals surface area contributed by atoms with E-state index in [-0.39, 0.29) is 6.61 Å². The molecule has 0 rings (SSSR count). The number of hydrogen-bond donors (Lipinski definition) is 4. The van der Waals surface area contributed by atoms with Gasteiger partial charge in [-0.25, -0.2) is 0 Å². The normalized spacial score (nSPS) is 13.4. The maximum atomic E-state index is 12.6. The Morgan fingerprint density at radius 1 is 0.373 bits per heavy atom. The summed E-state index contributed by atoms with van der Waals surface area (Å²) < 4.78 is 0. The number of aliphatic hydroxyl groups is 3. The van der Waals surface area contributed by atoms with Crippen LogP contribution in [0.2, 0.25) is 0 Å². The Labute approximate surface area is 419 Å². The fourth-order valence-electron chi connectivity index (χ4n) is 9.51. The summed E-state index contributed by atoms with van der Waals surface area (Å²) in [6.45, 7) is 4.22. The Morgan fingerprint density at radius 3 is 0.940 bits per heavy atom. The lowest BCUT2D eigenvalue weighted by molar-refractivity contribution is -0.131. The molecule has 5 heteroatoms. The van der Waals surface area contributed by atoms with E-state index in [2.05, 4.69) is 43.5 Å². The van der Waals surface area contributed by atoms with E-state index in [0.717, 1.165) is 38.5 Å². The number of carbonyl (C=O) groups excluding carboxylic acids is 1. The predicted molar refractivity (Wildman–Crippen MR) is 296 cm³/mol. The zero-order valence-electron chi connectivity index (χ0n) is 45.3. The summed E-state index contributed by atoms with van der Waals surface area (Å²) >= 11 is 0. The van der Waals surface area contributed by atoms with Gasteiger partial charge in [-0.3, -0.25) is 4.79 Å². The van der Waals surface area contributed by atoms with Gasteiger partial charge >= 0.3 is 0 Å². The van der Waals surface area contributed by atoms with Crippen molar-refractivity contribution >= 4 is 5.91 Å². The van der Waals surface area contributed by atoms with E-state index in [1.54, 1.807) is 6.08 Å². The van der Waals surface area contributed by atoms with Crippen molar-refractivity contribution in [3.63, 3.8) is 0 Å². The summed E-state index contributed by atoms with van der Waals surface area (Å²) in [5.74, 6) is -0.500. The molecule has 0 fully saturated rings. The molecule has 0 aliphatic carbocycles. The highest BCUT2D eigenvalue weighted by Crippen LogP contribution is 2.18. The highest BCUT2D eigenvalue weighted by Gasteiger charge is 2.22. The van der Waals surface area contributed by atoms with Crippen LogP contribution in [0.15, 0.2) is 36.5 Å². The SMILES string of the molecule is CCCCCCCCCCC/C=C\C/C=C\CCCCCCCCCCCCCCC(O)C(=O)NC(CO)C(O)/C=C/CCCCCCCCCCCCCCCCCCCCCCCCC. The van der Waals surface area contributed by atoms with E-state index in [9.17, 15) is 20.1 Å². The molecule has 0 saturated carbocycles. The van der Waals surface area contributed by atoms with Crippen molar-refractivity contribution in [1.82, 2.24) is 5.32 Å². The average molecular weight is 943 g/mol. The first kappa shape index (κ1) is 65.6. The van der Waals surface area contributed by atoms with Crippen LogP contribution < -0.4 is 5.32 Å². The number of carbonyl (C=O) groups is 1. The molecule has 0 heterocycles. The second-order valence-corrected chi connectivity index (χ2v) is 20.9. The molecule has 0 saturated heterocycles. The molecule has 4 N–H and O–H groups in total. The van der Waals surface area contributed by atoms with E-state index in [4.69, 9.17) is 0 Å². The van der Waals surface area contributed by atoms with Crippen LogP contribution in [-0.2, 0) is 4.79 Å². The molecule has 67 heavy (non-hydrogen) atoms. The van der Waals surface area contributed by atoms with Gasteiger partial charge in [-0.05, 0) is 51.4 Å². The molecule has 0 aromatic rings. The summed E-state index contributed by atoms with van der Waals surface area (Å²) in [7, 11) is 0. The van der Waals surface area contributed by atoms with Crippen LogP contribution >= 0.6 is 0 Å². The van der Waals surface area contributed by atoms with Gasteiger partial charge in [0.05, 0.1) is 18.8 Å². The molecule has 3 atom stereocenters. The number of hydrogen-bond acceptors (Lipinski definition) is 4. The first-order valence-corrected chi connectivity index (χ1v) is 30.3. The van der Waals surface area contributed by atoms with Crippen LogP contribution in [-0.4, -0.2) is 46.1 Å². The number of aliphatic hydroxyl groups excluding tert-OH is 3. The summed E-state index contributed by atoms with van der Waals surface area (Å²) in [5.41, 5.74) is 0. The number of rotatable bonds is 56. The van der Waals surface area contributed by atoms with Gasteiger partial charge < -0.3 is 20.6 Å². The molecule has 0 aromatic carbocycles. The molecular formula is C62H119NO4. The molecule has 5 nitrogen and oxygen atoms in total. The fraction of sp³-hybridized carbons (Fsp3) is 0.887. The van der Waals surface area contributed by atoms with Crippen molar-refractivity contribution in [3.8, 4) is 0 Å². The first-order valence-electron chi connectivity index (χ1n) is 30.3. The molecule has 0 bridgehead atoms. The van der Waals surface area contributed by atoms with Crippen molar-refractivity contribution in [2.24, 2.45) is 0 Å². The van der Waals surface area contributed by atoms with Gasteiger partial charge in [0.2, 0.25) is 5.91 Å². The molecule has 1 amide bonds. The van der Waals surface area contributed by atoms with Gasteiger partial charge in [0, 0.05) is 0 Å². The summed E-state index contributed by atoms with van der Waals surface area (Å²) in [4.78, 5) is 12.6. The number of unbranched alkanes of at least 4 members (excludes halogenated alkanes) is 44. The molecule has 396 valence electrons. The van der Waals surface area contributed by atoms with Crippen LogP contribution in [0.5, 0.6) is 0 Å². The van der Waals surface area contributed by atoms with Crippen LogP contribution in [0.3, 0.4) is 0 Å². The van der Waals surface area contributed by atoms with Gasteiger partial charge in [0.15, 0.2) is 0 Å². The second kappa shape index (κ2) is 57.2. The summed E-state index contributed by atoms with van der Waals surface area (Å²) in [6, 6.07) is -0.800. The Morgan fingerprint density at radius 2 is 0.642 bits per heavy atom. The van der Waals surface area contributed by atoms with E-state index in [1.165, 1.54) is 270 Å². The second-order valence-electron chi connectivity index (χ2n) is 20.9. The van der Waals surface area contributed by atoms with E-state index >= 15 is 0 Å². The number of nitrogens with one attached hydrogen (secondary N) is 1. The third-order valence-corrected chi connectivity index (χ3v) is 14.2. The van der Waals surface area contributed by atoms with Crippen molar-refractivity contribution in [2.45, 2.75) is 347 Å². The zero-order chi connectivity index (χ0) is 48.6. The maximum absolute atomic E-state index is 12.6. The predicted octanol–water partition coefficient (Wildman–Crippen LogP) is 19.0. The largest absolute Gasteiger partial charge is 0.394 e. The molecule has 0 aliphatic rings. The highest BCUT2D eigenvalue weighted by molar-refractivity contribution is 5.80. The third kappa shape index (κ3) is 52.2. The quantitative estimate of drug-likeness (QED) is 0.0361. The lowest BCUT2D eigenvalue weighted by Gasteiger charge is -2.21. The molecular weight excluding hydrogens is 823 g/mol. The van der Waals surface area contributed by atoms with Gasteiger partial charge in [0.25, 0.3) is 0 Å². The highest BCUT2D eigenvalue weighted by atomic mass is 16.3. The van der Waals surface area contributed by atoms with Gasteiger partial charge in [-0.1, -0.05) is 314 Å². The molecule has 0 aliphatic heterocycles. The third-order valence-electron chi connectivity index (χ3n) is 14.2. The minimum atomic E-state index is -1.10. The van der Waals surface area contributed by atoms with Crippen molar-refractivity contribution in [3.05, 3.63) is 36.5 Å². The summed E-state index contributed by atoms with van der Waals surface area (Å²) in [5, 5.41) is 33.5. The van der Waals surface area contributed by atoms with Crippen LogP contribution in [0.4, 0.5) is 0 Å². The minimum absolute atomic E-state index is 0.362. The Balaban J connectivity index is 3.56. The van der Waals surface area contributed by atoms with E-state index in [0.29, 0.717) is 6.42 Å². The average Bonchev–Trinajstić information content (AvgIpc) is 3.33. The Hall–Kier alpha value is -1.43. The van der Waals surface area contributed by atoms with E-state index in [1.807, 2.05) is 6.08 Å². The smallest absolute Gasteiger partial charge is 0.249 e. The number of amides is 1. The fourth-order valence-corrected chi connectivity index (χ4v) is 9.51. The standard InChI is InChI=1S/C62H119NO4/c1-3-5-7-9-11-13-15-17-19-21-23-25-27-29-30-31-33-35-37-39-41-43-45-47-49-51-53-55-57-61(66)62(67)63-59(58-64)60(65)56-54-52-50-48-46-44-42-40-38-36-34-32-28-26-24-22-20-18-16-14-12-10-8-6-4-2/h23,25,29-30,54,56,59-61,64-66H,3-22,24,26-28,31-53,55,57-58H2,1-2H3,(H,63,67)/b25-23-,30-29-,56-54+. The van der Waals surface area contributed by atoms with Crippen LogP contribution in [0, 0.1) is 0 Å². The van der Waals surface area contributed by atoms with Gasteiger partial charge in [-0.15, -0.1) is 0 Å². The van der Waals surface area contributed by atoms with Crippen LogP contribution in [0.25, 0.3) is 0 Å². The summed E-state index contributed by atoms with van der Waals surface area (Å²) in [6.07, 6.45) is 75.2. The monoisotopic (exact) mass is 942 g/mol. The zero-order valence-corrected chi connectivity index (χ0v) is 45.3. The van der Waals surface area contributed by atoms with Crippen molar-refractivity contribution in [2.75, 3.05) is 6.61 Å². The van der Waals surface area contributed by atoms with Crippen molar-refractivity contribution in [1.29, 1.82) is 0 Å². The van der Waals surface area contributed by atoms with E-state index < -0.39 is 24.2 Å². The van der Waals surface area contributed by atoms with Crippen LogP contribution in [0.1, 0.15) is 328 Å². The van der Waals surface area contributed by atoms with Gasteiger partial charge in [0.1, 0.15) is 6.10 Å². The lowest BCUT2D eigenvalue weighted by Crippen LogP contribution is -2.48. The Kier molecular flexibility index (Phi) is 55.9. The van der Waals surface area contributed by atoms with Crippen molar-refractivity contribution < 1.29 is 20.1 Å². The molecule has 0 spiro atoms. The molecule has 0 radical (unpaired) electrons.